The first kappa shape index (κ1) is 11.7. The van der Waals surface area contributed by atoms with E-state index in [9.17, 15) is 0 Å². The van der Waals surface area contributed by atoms with Crippen molar-refractivity contribution in [3.05, 3.63) is 0 Å². The molecule has 0 aliphatic heterocycles. The summed E-state index contributed by atoms with van der Waals surface area (Å²) < 4.78 is 0. The SMILES string of the molecule is CCCC[CH2][Zn][CH3].Cl. The van der Waals surface area contributed by atoms with E-state index in [0.29, 0.717) is 0 Å². The number of halogens is 1. The summed E-state index contributed by atoms with van der Waals surface area (Å²) in [7, 11) is 0. The zero-order valence-corrected chi connectivity index (χ0v) is 9.73. The first-order chi connectivity index (χ1) is 3.41. The van der Waals surface area contributed by atoms with E-state index in [2.05, 4.69) is 12.4 Å². The third-order valence-electron chi connectivity index (χ3n) is 1.21. The van der Waals surface area contributed by atoms with Gasteiger partial charge in [-0.3, -0.25) is 0 Å². The Morgan fingerprint density at radius 2 is 1.88 bits per heavy atom. The molecule has 0 bridgehead atoms. The van der Waals surface area contributed by atoms with Crippen molar-refractivity contribution in [2.75, 3.05) is 0 Å². The molecule has 0 atom stereocenters. The van der Waals surface area contributed by atoms with Gasteiger partial charge in [-0.15, -0.1) is 12.4 Å². The van der Waals surface area contributed by atoms with Gasteiger partial charge in [0.15, 0.2) is 0 Å². The van der Waals surface area contributed by atoms with Crippen LogP contribution in [-0.4, -0.2) is 0 Å². The first-order valence-corrected chi connectivity index (χ1v) is 8.48. The van der Waals surface area contributed by atoms with Gasteiger partial charge in [-0.25, -0.2) is 0 Å². The summed E-state index contributed by atoms with van der Waals surface area (Å²) >= 11 is 0.0551. The largest absolute Gasteiger partial charge is 0.147 e. The molecule has 0 radical (unpaired) electrons. The van der Waals surface area contributed by atoms with Crippen LogP contribution in [0.15, 0.2) is 0 Å². The standard InChI is InChI=1S/C5H11.CH3.ClH.Zn/c1-3-5-4-2;;;/h1,3-5H2,2H3;1H3;1H;. The Balaban J connectivity index is 0. The Labute approximate surface area is 66.4 Å². The molecule has 0 saturated heterocycles. The normalized spacial score (nSPS) is 7.25. The molecule has 0 nitrogen and oxygen atoms in total. The molecule has 0 aromatic carbocycles. The number of rotatable bonds is 4. The summed E-state index contributed by atoms with van der Waals surface area (Å²) in [5.74, 6) is 0. The van der Waals surface area contributed by atoms with Gasteiger partial charge in [-0.2, -0.15) is 0 Å². The maximum absolute atomic E-state index is 2.43. The van der Waals surface area contributed by atoms with Crippen LogP contribution in [0.4, 0.5) is 0 Å². The van der Waals surface area contributed by atoms with E-state index in [1.165, 1.54) is 19.3 Å². The third-order valence-corrected chi connectivity index (χ3v) is 3.74. The average Bonchev–Trinajstić information content (AvgIpc) is 1.69. The minimum atomic E-state index is 0. The molecular formula is C6H15ClZn. The van der Waals surface area contributed by atoms with Crippen LogP contribution in [0.5, 0.6) is 0 Å². The van der Waals surface area contributed by atoms with Gasteiger partial charge in [0.05, 0.1) is 0 Å². The molecule has 0 unspecified atom stereocenters. The van der Waals surface area contributed by atoms with Crippen LogP contribution in [-0.2, 0) is 17.1 Å². The average molecular weight is 188 g/mol. The number of unbranched alkanes of at least 4 members (excludes halogenated alkanes) is 2. The Hall–Kier alpha value is 0.913. The first-order valence-electron chi connectivity index (χ1n) is 3.41. The molecule has 0 rings (SSSR count). The number of hydrogen-bond donors (Lipinski definition) is 0. The van der Waals surface area contributed by atoms with E-state index < -0.39 is 0 Å². The fraction of sp³-hybridized carbons (Fsp3) is 1.00. The maximum atomic E-state index is 2.43. The molecule has 0 saturated carbocycles. The summed E-state index contributed by atoms with van der Waals surface area (Å²) in [6, 6.07) is 0. The van der Waals surface area contributed by atoms with Gasteiger partial charge in [0.2, 0.25) is 0 Å². The van der Waals surface area contributed by atoms with Gasteiger partial charge in [0, 0.05) is 0 Å². The van der Waals surface area contributed by atoms with Crippen molar-refractivity contribution in [1.82, 2.24) is 0 Å². The van der Waals surface area contributed by atoms with Crippen molar-refractivity contribution in [3.8, 4) is 0 Å². The van der Waals surface area contributed by atoms with Crippen molar-refractivity contribution >= 4 is 12.4 Å². The smallest absolute Gasteiger partial charge is 0.147 e. The molecule has 2 heteroatoms. The van der Waals surface area contributed by atoms with Crippen molar-refractivity contribution in [3.63, 3.8) is 0 Å². The molecular weight excluding hydrogens is 173 g/mol. The summed E-state index contributed by atoms with van der Waals surface area (Å²) in [5, 5.41) is 1.61. The van der Waals surface area contributed by atoms with Crippen molar-refractivity contribution in [2.24, 2.45) is 0 Å². The summed E-state index contributed by atoms with van der Waals surface area (Å²) in [6.45, 7) is 2.27. The van der Waals surface area contributed by atoms with Gasteiger partial charge in [0.1, 0.15) is 0 Å². The van der Waals surface area contributed by atoms with Gasteiger partial charge in [-0.05, 0) is 0 Å². The van der Waals surface area contributed by atoms with Crippen molar-refractivity contribution in [1.29, 1.82) is 0 Å². The fourth-order valence-corrected chi connectivity index (χ4v) is 2.47. The van der Waals surface area contributed by atoms with Gasteiger partial charge >= 0.3 is 53.8 Å². The van der Waals surface area contributed by atoms with Crippen LogP contribution in [0.3, 0.4) is 0 Å². The molecule has 48 valence electrons. The second-order valence-corrected chi connectivity index (χ2v) is 5.64. The van der Waals surface area contributed by atoms with E-state index in [-0.39, 0.29) is 29.5 Å². The van der Waals surface area contributed by atoms with Crippen LogP contribution >= 0.6 is 12.4 Å². The Morgan fingerprint density at radius 3 is 2.25 bits per heavy atom. The molecule has 0 N–H and O–H groups in total. The predicted molar refractivity (Wildman–Crippen MR) is 37.4 cm³/mol. The van der Waals surface area contributed by atoms with E-state index >= 15 is 0 Å². The molecule has 0 spiro atoms. The van der Waals surface area contributed by atoms with Crippen LogP contribution in [0, 0.1) is 0 Å². The van der Waals surface area contributed by atoms with Gasteiger partial charge < -0.3 is 0 Å². The Morgan fingerprint density at radius 1 is 1.25 bits per heavy atom. The molecule has 0 aliphatic carbocycles. The second-order valence-electron chi connectivity index (χ2n) is 2.06. The summed E-state index contributed by atoms with van der Waals surface area (Å²) in [6.07, 6.45) is 4.38. The van der Waals surface area contributed by atoms with Gasteiger partial charge in [-0.1, -0.05) is 0 Å². The Bertz CT molecular complexity index is 27.7. The zero-order chi connectivity index (χ0) is 5.54. The fourth-order valence-electron chi connectivity index (χ4n) is 0.677. The van der Waals surface area contributed by atoms with Crippen LogP contribution in [0.1, 0.15) is 26.2 Å². The molecule has 0 amide bonds. The zero-order valence-electron chi connectivity index (χ0n) is 5.94. The topological polar surface area (TPSA) is 0 Å². The van der Waals surface area contributed by atoms with E-state index in [1.54, 1.807) is 5.02 Å². The minimum Gasteiger partial charge on any atom is -0.147 e. The van der Waals surface area contributed by atoms with Crippen molar-refractivity contribution in [2.45, 2.75) is 36.7 Å². The summed E-state index contributed by atoms with van der Waals surface area (Å²) in [4.78, 5) is 0. The van der Waals surface area contributed by atoms with Gasteiger partial charge in [0.25, 0.3) is 0 Å². The minimum absolute atomic E-state index is 0. The monoisotopic (exact) mass is 186 g/mol. The molecule has 0 aromatic heterocycles. The molecule has 8 heavy (non-hydrogen) atoms. The molecule has 0 fully saturated rings. The maximum Gasteiger partial charge on any atom is -0.147 e. The van der Waals surface area contributed by atoms with E-state index in [0.717, 1.165) is 0 Å². The van der Waals surface area contributed by atoms with Crippen LogP contribution in [0.2, 0.25) is 10.5 Å². The summed E-state index contributed by atoms with van der Waals surface area (Å²) in [5.41, 5.74) is 2.43. The van der Waals surface area contributed by atoms with Crippen molar-refractivity contribution < 1.29 is 17.1 Å². The quantitative estimate of drug-likeness (QED) is 0.469. The second kappa shape index (κ2) is 10.8. The number of hydrogen-bond acceptors (Lipinski definition) is 0. The predicted octanol–water partition coefficient (Wildman–Crippen LogP) is 3.15. The molecule has 0 heterocycles. The van der Waals surface area contributed by atoms with E-state index in [4.69, 9.17) is 0 Å². The molecule has 0 aliphatic rings. The third kappa shape index (κ3) is 10.0. The van der Waals surface area contributed by atoms with E-state index in [1.807, 2.05) is 0 Å². The molecule has 0 aromatic rings. The van der Waals surface area contributed by atoms with Crippen LogP contribution < -0.4 is 0 Å². The van der Waals surface area contributed by atoms with Crippen LogP contribution in [0.25, 0.3) is 0 Å². The Kier molecular flexibility index (Phi) is 15.8.